The Kier molecular flexibility index (Phi) is 3.74. The van der Waals surface area contributed by atoms with Gasteiger partial charge in [0.05, 0.1) is 10.3 Å². The van der Waals surface area contributed by atoms with Crippen LogP contribution in [0.2, 0.25) is 0 Å². The number of amides is 2. The van der Waals surface area contributed by atoms with Gasteiger partial charge in [-0.15, -0.1) is 11.3 Å². The Balaban J connectivity index is 2.54. The van der Waals surface area contributed by atoms with Crippen LogP contribution >= 0.6 is 27.3 Å². The van der Waals surface area contributed by atoms with Crippen molar-refractivity contribution < 1.29 is 4.79 Å². The second kappa shape index (κ2) is 4.62. The highest BCUT2D eigenvalue weighted by molar-refractivity contribution is 9.11. The number of hydrogen-bond donors (Lipinski definition) is 1. The molecule has 1 N–H and O–H groups in total. The first-order chi connectivity index (χ1) is 6.13. The number of nitrogens with zero attached hydrogens (tertiary/aromatic N) is 1. The lowest BCUT2D eigenvalue weighted by molar-refractivity contribution is 0.209. The SMILES string of the molecule is CNC(=O)N(C)Cc1ccc(Br)s1. The first-order valence-corrected chi connectivity index (χ1v) is 5.41. The molecule has 0 unspecified atom stereocenters. The molecule has 1 heterocycles. The van der Waals surface area contributed by atoms with E-state index in [1.807, 2.05) is 12.1 Å². The Morgan fingerprint density at radius 2 is 2.38 bits per heavy atom. The van der Waals surface area contributed by atoms with E-state index < -0.39 is 0 Å². The van der Waals surface area contributed by atoms with Crippen LogP contribution in [0.25, 0.3) is 0 Å². The topological polar surface area (TPSA) is 32.3 Å². The van der Waals surface area contributed by atoms with Gasteiger partial charge in [-0.2, -0.15) is 0 Å². The fourth-order valence-electron chi connectivity index (χ4n) is 0.933. The van der Waals surface area contributed by atoms with Gasteiger partial charge in [0.2, 0.25) is 0 Å². The van der Waals surface area contributed by atoms with E-state index in [4.69, 9.17) is 0 Å². The molecule has 0 spiro atoms. The Hall–Kier alpha value is -0.550. The van der Waals surface area contributed by atoms with E-state index in [-0.39, 0.29) is 6.03 Å². The minimum atomic E-state index is -0.0653. The summed E-state index contributed by atoms with van der Waals surface area (Å²) in [6.07, 6.45) is 0. The number of nitrogens with one attached hydrogen (secondary N) is 1. The summed E-state index contributed by atoms with van der Waals surface area (Å²) in [5, 5.41) is 2.57. The number of halogens is 1. The zero-order chi connectivity index (χ0) is 9.84. The normalized spacial score (nSPS) is 9.77. The fourth-order valence-corrected chi connectivity index (χ4v) is 2.47. The molecule has 5 heteroatoms. The third-order valence-electron chi connectivity index (χ3n) is 1.58. The highest BCUT2D eigenvalue weighted by Crippen LogP contribution is 2.22. The predicted octanol–water partition coefficient (Wildman–Crippen LogP) is 2.28. The standard InChI is InChI=1S/C8H11BrN2OS/c1-10-8(12)11(2)5-6-3-4-7(9)13-6/h3-4H,5H2,1-2H3,(H,10,12). The van der Waals surface area contributed by atoms with E-state index in [1.54, 1.807) is 30.3 Å². The summed E-state index contributed by atoms with van der Waals surface area (Å²) in [6.45, 7) is 0.649. The van der Waals surface area contributed by atoms with Gasteiger partial charge in [0.15, 0.2) is 0 Å². The molecule has 0 saturated carbocycles. The van der Waals surface area contributed by atoms with Gasteiger partial charge in [-0.05, 0) is 28.1 Å². The van der Waals surface area contributed by atoms with Crippen molar-refractivity contribution in [2.45, 2.75) is 6.54 Å². The Morgan fingerprint density at radius 3 is 2.85 bits per heavy atom. The Morgan fingerprint density at radius 1 is 1.69 bits per heavy atom. The molecule has 0 fully saturated rings. The number of rotatable bonds is 2. The monoisotopic (exact) mass is 262 g/mol. The van der Waals surface area contributed by atoms with Gasteiger partial charge < -0.3 is 10.2 Å². The molecule has 1 aromatic heterocycles. The lowest BCUT2D eigenvalue weighted by Crippen LogP contribution is -2.34. The largest absolute Gasteiger partial charge is 0.341 e. The first kappa shape index (κ1) is 10.5. The highest BCUT2D eigenvalue weighted by atomic mass is 79.9. The fraction of sp³-hybridized carbons (Fsp3) is 0.375. The van der Waals surface area contributed by atoms with Gasteiger partial charge in [0, 0.05) is 19.0 Å². The van der Waals surface area contributed by atoms with Gasteiger partial charge >= 0.3 is 6.03 Å². The third kappa shape index (κ3) is 3.00. The molecule has 3 nitrogen and oxygen atoms in total. The average molecular weight is 263 g/mol. The van der Waals surface area contributed by atoms with Crippen LogP contribution in [0.15, 0.2) is 15.9 Å². The van der Waals surface area contributed by atoms with Crippen molar-refractivity contribution in [1.29, 1.82) is 0 Å². The molecule has 0 aliphatic heterocycles. The maximum atomic E-state index is 11.1. The summed E-state index contributed by atoms with van der Waals surface area (Å²) in [7, 11) is 3.40. The molecule has 2 amide bonds. The van der Waals surface area contributed by atoms with Gasteiger partial charge in [-0.25, -0.2) is 4.79 Å². The molecule has 72 valence electrons. The molecular weight excluding hydrogens is 252 g/mol. The van der Waals surface area contributed by atoms with Crippen molar-refractivity contribution in [3.05, 3.63) is 20.8 Å². The van der Waals surface area contributed by atoms with E-state index in [2.05, 4.69) is 21.2 Å². The molecule has 0 radical (unpaired) electrons. The quantitative estimate of drug-likeness (QED) is 0.872. The number of carbonyl (C=O) groups excluding carboxylic acids is 1. The van der Waals surface area contributed by atoms with Gasteiger partial charge in [-0.1, -0.05) is 0 Å². The Labute approximate surface area is 89.9 Å². The summed E-state index contributed by atoms with van der Waals surface area (Å²) < 4.78 is 1.09. The van der Waals surface area contributed by atoms with Crippen LogP contribution in [-0.4, -0.2) is 25.0 Å². The number of thiophene rings is 1. The molecule has 0 aliphatic carbocycles. The third-order valence-corrected chi connectivity index (χ3v) is 3.19. The molecule has 0 saturated heterocycles. The average Bonchev–Trinajstić information content (AvgIpc) is 2.49. The van der Waals surface area contributed by atoms with Gasteiger partial charge in [0.1, 0.15) is 0 Å². The van der Waals surface area contributed by atoms with Gasteiger partial charge in [-0.3, -0.25) is 0 Å². The van der Waals surface area contributed by atoms with Gasteiger partial charge in [0.25, 0.3) is 0 Å². The maximum Gasteiger partial charge on any atom is 0.317 e. The van der Waals surface area contributed by atoms with Crippen molar-refractivity contribution in [1.82, 2.24) is 10.2 Å². The van der Waals surface area contributed by atoms with E-state index in [0.717, 1.165) is 8.66 Å². The molecule has 13 heavy (non-hydrogen) atoms. The van der Waals surface area contributed by atoms with Crippen molar-refractivity contribution in [3.8, 4) is 0 Å². The van der Waals surface area contributed by atoms with Crippen LogP contribution in [0.1, 0.15) is 4.88 Å². The van der Waals surface area contributed by atoms with Crippen LogP contribution < -0.4 is 5.32 Å². The van der Waals surface area contributed by atoms with Crippen LogP contribution in [0.4, 0.5) is 4.79 Å². The molecule has 0 aliphatic rings. The van der Waals surface area contributed by atoms with Crippen molar-refractivity contribution in [3.63, 3.8) is 0 Å². The zero-order valence-electron chi connectivity index (χ0n) is 7.50. The summed E-state index contributed by atoms with van der Waals surface area (Å²) >= 11 is 5.01. The predicted molar refractivity (Wildman–Crippen MR) is 57.9 cm³/mol. The van der Waals surface area contributed by atoms with Crippen LogP contribution in [0.5, 0.6) is 0 Å². The van der Waals surface area contributed by atoms with Crippen molar-refractivity contribution in [2.24, 2.45) is 0 Å². The van der Waals surface area contributed by atoms with Crippen molar-refractivity contribution >= 4 is 33.3 Å². The van der Waals surface area contributed by atoms with Crippen molar-refractivity contribution in [2.75, 3.05) is 14.1 Å². The van der Waals surface area contributed by atoms with E-state index >= 15 is 0 Å². The Bertz CT molecular complexity index is 300. The molecule has 0 bridgehead atoms. The van der Waals surface area contributed by atoms with E-state index in [9.17, 15) is 4.79 Å². The van der Waals surface area contributed by atoms with Crippen LogP contribution in [0.3, 0.4) is 0 Å². The first-order valence-electron chi connectivity index (χ1n) is 3.80. The minimum absolute atomic E-state index is 0.0653. The molecular formula is C8H11BrN2OS. The molecule has 0 atom stereocenters. The van der Waals surface area contributed by atoms with Crippen LogP contribution in [-0.2, 0) is 6.54 Å². The molecule has 1 rings (SSSR count). The summed E-state index contributed by atoms with van der Waals surface area (Å²) in [5.74, 6) is 0. The molecule has 1 aromatic rings. The highest BCUT2D eigenvalue weighted by Gasteiger charge is 2.07. The summed E-state index contributed by atoms with van der Waals surface area (Å²) in [4.78, 5) is 13.9. The maximum absolute atomic E-state index is 11.1. The second-order valence-corrected chi connectivity index (χ2v) is 5.16. The summed E-state index contributed by atoms with van der Waals surface area (Å²) in [6, 6.07) is 3.93. The lowest BCUT2D eigenvalue weighted by atomic mass is 10.4. The summed E-state index contributed by atoms with van der Waals surface area (Å²) in [5.41, 5.74) is 0. The number of carbonyl (C=O) groups is 1. The number of hydrogen-bond acceptors (Lipinski definition) is 2. The van der Waals surface area contributed by atoms with Crippen LogP contribution in [0, 0.1) is 0 Å². The second-order valence-electron chi connectivity index (χ2n) is 2.62. The zero-order valence-corrected chi connectivity index (χ0v) is 9.91. The smallest absolute Gasteiger partial charge is 0.317 e. The lowest BCUT2D eigenvalue weighted by Gasteiger charge is -2.14. The van der Waals surface area contributed by atoms with E-state index in [1.165, 1.54) is 0 Å². The molecule has 0 aromatic carbocycles. The minimum Gasteiger partial charge on any atom is -0.341 e. The number of urea groups is 1. The van der Waals surface area contributed by atoms with E-state index in [0.29, 0.717) is 6.54 Å².